The van der Waals surface area contributed by atoms with E-state index in [2.05, 4.69) is 30.2 Å². The van der Waals surface area contributed by atoms with Crippen molar-refractivity contribution in [2.75, 3.05) is 18.0 Å². The normalized spacial score (nSPS) is 21.1. The molecule has 0 aromatic carbocycles. The Balaban J connectivity index is 1.99. The van der Waals surface area contributed by atoms with Gasteiger partial charge in [-0.2, -0.15) is 4.37 Å². The van der Waals surface area contributed by atoms with Crippen LogP contribution in [0.3, 0.4) is 0 Å². The Kier molecular flexibility index (Phi) is 3.02. The van der Waals surface area contributed by atoms with Crippen molar-refractivity contribution < 1.29 is 5.11 Å². The van der Waals surface area contributed by atoms with Crippen molar-refractivity contribution in [3.8, 4) is 0 Å². The summed E-state index contributed by atoms with van der Waals surface area (Å²) in [5.74, 6) is 0. The molecule has 0 amide bonds. The fourth-order valence-corrected chi connectivity index (χ4v) is 3.31. The molecule has 0 aliphatic carbocycles. The molecule has 1 unspecified atom stereocenters. The summed E-state index contributed by atoms with van der Waals surface area (Å²) in [5.41, 5.74) is 1.85. The molecule has 0 bridgehead atoms. The largest absolute Gasteiger partial charge is 0.391 e. The van der Waals surface area contributed by atoms with Crippen molar-refractivity contribution in [1.29, 1.82) is 0 Å². The van der Waals surface area contributed by atoms with E-state index < -0.39 is 0 Å². The monoisotopic (exact) mass is 313 g/mol. The molecule has 1 saturated heterocycles. The molecule has 17 heavy (non-hydrogen) atoms. The molecule has 3 heterocycles. The summed E-state index contributed by atoms with van der Waals surface area (Å²) in [6.45, 7) is 1.67. The summed E-state index contributed by atoms with van der Waals surface area (Å²) < 4.78 is 5.35. The predicted octanol–water partition coefficient (Wildman–Crippen LogP) is 2.41. The third kappa shape index (κ3) is 2.17. The minimum atomic E-state index is -0.226. The molecule has 1 aliphatic heterocycles. The van der Waals surface area contributed by atoms with E-state index in [-0.39, 0.29) is 6.10 Å². The number of piperidine rings is 1. The third-order valence-electron chi connectivity index (χ3n) is 2.95. The number of β-amino-alcohol motifs (C(OH)–C–C–N with tert-alkyl or cyclic N) is 1. The van der Waals surface area contributed by atoms with Gasteiger partial charge in [0, 0.05) is 23.8 Å². The molecule has 0 spiro atoms. The highest BCUT2D eigenvalue weighted by atomic mass is 79.9. The Labute approximate surface area is 112 Å². The first kappa shape index (κ1) is 11.4. The first-order chi connectivity index (χ1) is 8.24. The molecule has 1 fully saturated rings. The molecule has 2 aromatic rings. The fourth-order valence-electron chi connectivity index (χ4n) is 2.15. The van der Waals surface area contributed by atoms with Gasteiger partial charge < -0.3 is 10.0 Å². The molecule has 6 heteroatoms. The summed E-state index contributed by atoms with van der Waals surface area (Å²) in [4.78, 5) is 6.61. The van der Waals surface area contributed by atoms with Crippen molar-refractivity contribution in [3.05, 3.63) is 16.7 Å². The predicted molar refractivity (Wildman–Crippen MR) is 72.6 cm³/mol. The molecule has 0 radical (unpaired) electrons. The second-order valence-electron chi connectivity index (χ2n) is 4.25. The highest BCUT2D eigenvalue weighted by molar-refractivity contribution is 9.10. The lowest BCUT2D eigenvalue weighted by atomic mass is 10.1. The van der Waals surface area contributed by atoms with E-state index in [4.69, 9.17) is 0 Å². The van der Waals surface area contributed by atoms with Gasteiger partial charge in [0.1, 0.15) is 16.0 Å². The average molecular weight is 314 g/mol. The van der Waals surface area contributed by atoms with Crippen LogP contribution in [0.2, 0.25) is 0 Å². The van der Waals surface area contributed by atoms with E-state index in [9.17, 15) is 5.11 Å². The third-order valence-corrected chi connectivity index (χ3v) is 4.30. The zero-order chi connectivity index (χ0) is 11.8. The van der Waals surface area contributed by atoms with Crippen molar-refractivity contribution >= 4 is 43.5 Å². The van der Waals surface area contributed by atoms with Gasteiger partial charge in [0.05, 0.1) is 6.10 Å². The number of nitrogens with zero attached hydrogens (tertiary/aromatic N) is 3. The van der Waals surface area contributed by atoms with Crippen LogP contribution in [0.15, 0.2) is 16.7 Å². The Hall–Kier alpha value is -0.720. The number of aliphatic hydroxyl groups is 1. The maximum atomic E-state index is 9.71. The van der Waals surface area contributed by atoms with Crippen LogP contribution in [0, 0.1) is 0 Å². The maximum Gasteiger partial charge on any atom is 0.138 e. The van der Waals surface area contributed by atoms with Gasteiger partial charge in [-0.25, -0.2) is 0 Å². The van der Waals surface area contributed by atoms with Gasteiger partial charge in [-0.05, 0) is 46.4 Å². The van der Waals surface area contributed by atoms with Gasteiger partial charge in [-0.3, -0.25) is 4.98 Å². The lowest BCUT2D eigenvalue weighted by Crippen LogP contribution is -2.37. The van der Waals surface area contributed by atoms with E-state index in [0.717, 1.165) is 39.9 Å². The number of hydrogen-bond acceptors (Lipinski definition) is 5. The summed E-state index contributed by atoms with van der Waals surface area (Å²) in [7, 11) is 0. The van der Waals surface area contributed by atoms with Gasteiger partial charge >= 0.3 is 0 Å². The summed E-state index contributed by atoms with van der Waals surface area (Å²) in [5, 5.41) is 10.8. The van der Waals surface area contributed by atoms with Crippen LogP contribution in [-0.4, -0.2) is 33.7 Å². The van der Waals surface area contributed by atoms with Crippen molar-refractivity contribution in [3.63, 3.8) is 0 Å². The Morgan fingerprint density at radius 1 is 1.53 bits per heavy atom. The lowest BCUT2D eigenvalue weighted by Gasteiger charge is -2.30. The smallest absolute Gasteiger partial charge is 0.138 e. The van der Waals surface area contributed by atoms with E-state index >= 15 is 0 Å². The van der Waals surface area contributed by atoms with E-state index in [1.807, 2.05) is 6.07 Å². The molecule has 1 aliphatic rings. The topological polar surface area (TPSA) is 49.2 Å². The van der Waals surface area contributed by atoms with E-state index in [1.54, 1.807) is 6.20 Å². The number of aromatic nitrogens is 2. The number of hydrogen-bond donors (Lipinski definition) is 1. The Bertz CT molecular complexity index is 544. The van der Waals surface area contributed by atoms with Crippen LogP contribution in [0.25, 0.3) is 11.0 Å². The number of fused-ring (bicyclic) bond motifs is 1. The van der Waals surface area contributed by atoms with E-state index in [1.165, 1.54) is 11.5 Å². The molecule has 90 valence electrons. The average Bonchev–Trinajstić information content (AvgIpc) is 2.71. The van der Waals surface area contributed by atoms with Crippen LogP contribution >= 0.6 is 27.5 Å². The molecule has 1 N–H and O–H groups in total. The quantitative estimate of drug-likeness (QED) is 0.878. The highest BCUT2D eigenvalue weighted by Crippen LogP contribution is 2.32. The molecular formula is C11H12BrN3OS. The standard InChI is InChI=1S/C11H12BrN3OS/c12-7-4-9-10(13-5-7)11(17-14-9)15-3-1-2-8(16)6-15/h4-5,8,16H,1-3,6H2. The minimum absolute atomic E-state index is 0.226. The summed E-state index contributed by atoms with van der Waals surface area (Å²) in [6.07, 6.45) is 3.49. The zero-order valence-corrected chi connectivity index (χ0v) is 11.5. The number of anilines is 1. The Morgan fingerprint density at radius 3 is 3.24 bits per heavy atom. The van der Waals surface area contributed by atoms with E-state index in [0.29, 0.717) is 6.54 Å². The number of rotatable bonds is 1. The van der Waals surface area contributed by atoms with Gasteiger partial charge in [0.15, 0.2) is 0 Å². The number of pyridine rings is 1. The van der Waals surface area contributed by atoms with Crippen LogP contribution in [-0.2, 0) is 0 Å². The maximum absolute atomic E-state index is 9.71. The molecule has 2 aromatic heterocycles. The van der Waals surface area contributed by atoms with Crippen LogP contribution < -0.4 is 4.90 Å². The molecule has 3 rings (SSSR count). The molecule has 0 saturated carbocycles. The van der Waals surface area contributed by atoms with Crippen LogP contribution in [0.5, 0.6) is 0 Å². The molecule has 4 nitrogen and oxygen atoms in total. The van der Waals surface area contributed by atoms with Crippen molar-refractivity contribution in [2.24, 2.45) is 0 Å². The van der Waals surface area contributed by atoms with Crippen LogP contribution in [0.4, 0.5) is 5.00 Å². The van der Waals surface area contributed by atoms with Crippen molar-refractivity contribution in [1.82, 2.24) is 9.36 Å². The van der Waals surface area contributed by atoms with Gasteiger partial charge in [0.2, 0.25) is 0 Å². The lowest BCUT2D eigenvalue weighted by molar-refractivity contribution is 0.154. The fraction of sp³-hybridized carbons (Fsp3) is 0.455. The van der Waals surface area contributed by atoms with Gasteiger partial charge in [-0.1, -0.05) is 0 Å². The zero-order valence-electron chi connectivity index (χ0n) is 9.14. The summed E-state index contributed by atoms with van der Waals surface area (Å²) in [6, 6.07) is 1.97. The molecular weight excluding hydrogens is 302 g/mol. The van der Waals surface area contributed by atoms with Crippen LogP contribution in [0.1, 0.15) is 12.8 Å². The second kappa shape index (κ2) is 4.51. The second-order valence-corrected chi connectivity index (χ2v) is 5.92. The van der Waals surface area contributed by atoms with Crippen molar-refractivity contribution in [2.45, 2.75) is 18.9 Å². The highest BCUT2D eigenvalue weighted by Gasteiger charge is 2.21. The Morgan fingerprint density at radius 2 is 2.41 bits per heavy atom. The number of halogens is 1. The number of aliphatic hydroxyl groups excluding tert-OH is 1. The van der Waals surface area contributed by atoms with Gasteiger partial charge in [0.25, 0.3) is 0 Å². The SMILES string of the molecule is OC1CCCN(c2snc3cc(Br)cnc23)C1. The first-order valence-corrected chi connectivity index (χ1v) is 7.14. The first-order valence-electron chi connectivity index (χ1n) is 5.58. The minimum Gasteiger partial charge on any atom is -0.391 e. The molecule has 1 atom stereocenters. The van der Waals surface area contributed by atoms with Gasteiger partial charge in [-0.15, -0.1) is 0 Å². The summed E-state index contributed by atoms with van der Waals surface area (Å²) >= 11 is 4.86.